The molecule has 0 unspecified atom stereocenters. The molecule has 1 atom stereocenters. The molecule has 23 heavy (non-hydrogen) atoms. The first-order valence-corrected chi connectivity index (χ1v) is 7.30. The number of ether oxygens (including phenoxy) is 1. The van der Waals surface area contributed by atoms with Crippen LogP contribution in [0.4, 0.5) is 4.79 Å². The Morgan fingerprint density at radius 1 is 1.26 bits per heavy atom. The number of nitrogens with one attached hydrogen (secondary N) is 1. The average molecular weight is 316 g/mol. The Bertz CT molecular complexity index is 717. The molecule has 0 spiro atoms. The van der Waals surface area contributed by atoms with Gasteiger partial charge in [0.05, 0.1) is 12.5 Å². The molecule has 0 fully saturated rings. The maximum absolute atomic E-state index is 12.0. The largest absolute Gasteiger partial charge is 0.481 e. The summed E-state index contributed by atoms with van der Waals surface area (Å²) in [5.74, 6) is -1.01. The number of nitrogens with zero attached hydrogens (tertiary/aromatic N) is 1. The standard InChI is InChI=1S/C17H20N2O4/c1-17(2,3)23-16(22)19-14(8-15(20)21)13-10-18-9-11-6-4-5-7-12(11)13/h4-7,9-10,14H,8H2,1-3H3,(H,19,22)(H,20,21)/t14-/m1/s1. The van der Waals surface area contributed by atoms with Crippen molar-refractivity contribution in [2.24, 2.45) is 0 Å². The number of hydrogen-bond acceptors (Lipinski definition) is 4. The molecule has 2 rings (SSSR count). The second-order valence-electron chi connectivity index (χ2n) is 6.25. The van der Waals surface area contributed by atoms with Crippen LogP contribution in [0.5, 0.6) is 0 Å². The summed E-state index contributed by atoms with van der Waals surface area (Å²) in [7, 11) is 0. The number of pyridine rings is 1. The third-order valence-corrected chi connectivity index (χ3v) is 3.14. The fraction of sp³-hybridized carbons (Fsp3) is 0.353. The highest BCUT2D eigenvalue weighted by Gasteiger charge is 2.23. The summed E-state index contributed by atoms with van der Waals surface area (Å²) >= 11 is 0. The summed E-state index contributed by atoms with van der Waals surface area (Å²) in [6, 6.07) is 6.77. The van der Waals surface area contributed by atoms with Gasteiger partial charge in [0.25, 0.3) is 0 Å². The van der Waals surface area contributed by atoms with Gasteiger partial charge in [0.1, 0.15) is 5.60 Å². The number of fused-ring (bicyclic) bond motifs is 1. The molecule has 0 radical (unpaired) electrons. The average Bonchev–Trinajstić information content (AvgIpc) is 2.43. The van der Waals surface area contributed by atoms with Crippen LogP contribution in [0.15, 0.2) is 36.7 Å². The molecule has 0 bridgehead atoms. The minimum absolute atomic E-state index is 0.255. The summed E-state index contributed by atoms with van der Waals surface area (Å²) < 4.78 is 5.22. The number of carboxylic acid groups (broad SMARTS) is 1. The highest BCUT2D eigenvalue weighted by molar-refractivity contribution is 5.86. The van der Waals surface area contributed by atoms with E-state index in [1.54, 1.807) is 33.2 Å². The fourth-order valence-electron chi connectivity index (χ4n) is 2.28. The molecule has 6 nitrogen and oxygen atoms in total. The zero-order valence-corrected chi connectivity index (χ0v) is 13.4. The number of hydrogen-bond donors (Lipinski definition) is 2. The van der Waals surface area contributed by atoms with Gasteiger partial charge in [-0.25, -0.2) is 4.79 Å². The minimum Gasteiger partial charge on any atom is -0.481 e. The van der Waals surface area contributed by atoms with E-state index in [0.29, 0.717) is 5.56 Å². The molecule has 2 aromatic rings. The molecule has 0 aliphatic heterocycles. The van der Waals surface area contributed by atoms with E-state index in [4.69, 9.17) is 9.84 Å². The number of aliphatic carboxylic acids is 1. The Labute approximate surface area is 134 Å². The third kappa shape index (κ3) is 4.67. The Morgan fingerprint density at radius 2 is 1.96 bits per heavy atom. The van der Waals surface area contributed by atoms with Crippen molar-refractivity contribution in [2.75, 3.05) is 0 Å². The van der Waals surface area contributed by atoms with Crippen molar-refractivity contribution in [1.82, 2.24) is 10.3 Å². The molecule has 0 aliphatic carbocycles. The molecule has 1 aromatic carbocycles. The predicted molar refractivity (Wildman–Crippen MR) is 86.1 cm³/mol. The van der Waals surface area contributed by atoms with Crippen LogP contribution in [0, 0.1) is 0 Å². The van der Waals surface area contributed by atoms with Crippen LogP contribution in [-0.4, -0.2) is 27.8 Å². The van der Waals surface area contributed by atoms with Crippen LogP contribution >= 0.6 is 0 Å². The number of carboxylic acids is 1. The summed E-state index contributed by atoms with van der Waals surface area (Å²) in [5, 5.41) is 13.5. The summed E-state index contributed by atoms with van der Waals surface area (Å²) in [5.41, 5.74) is -0.00847. The Hall–Kier alpha value is -2.63. The fourth-order valence-corrected chi connectivity index (χ4v) is 2.28. The third-order valence-electron chi connectivity index (χ3n) is 3.14. The SMILES string of the molecule is CC(C)(C)OC(=O)N[C@H](CC(=O)O)c1cncc2ccccc12. The second kappa shape index (κ2) is 6.64. The van der Waals surface area contributed by atoms with Crippen LogP contribution in [0.1, 0.15) is 38.8 Å². The van der Waals surface area contributed by atoms with Crippen LogP contribution in [0.3, 0.4) is 0 Å². The van der Waals surface area contributed by atoms with Crippen molar-refractivity contribution in [3.8, 4) is 0 Å². The quantitative estimate of drug-likeness (QED) is 0.903. The molecule has 1 aromatic heterocycles. The number of benzene rings is 1. The van der Waals surface area contributed by atoms with Crippen molar-refractivity contribution >= 4 is 22.8 Å². The zero-order valence-electron chi connectivity index (χ0n) is 13.4. The van der Waals surface area contributed by atoms with Gasteiger partial charge >= 0.3 is 12.1 Å². The molecule has 0 aliphatic rings. The molecule has 1 heterocycles. The number of carbonyl (C=O) groups is 2. The van der Waals surface area contributed by atoms with Crippen molar-refractivity contribution in [2.45, 2.75) is 38.8 Å². The number of carbonyl (C=O) groups excluding carboxylic acids is 1. The lowest BCUT2D eigenvalue weighted by atomic mass is 9.99. The smallest absolute Gasteiger partial charge is 0.408 e. The van der Waals surface area contributed by atoms with E-state index >= 15 is 0 Å². The predicted octanol–water partition coefficient (Wildman–Crippen LogP) is 3.28. The van der Waals surface area contributed by atoms with Crippen molar-refractivity contribution in [3.05, 3.63) is 42.2 Å². The zero-order chi connectivity index (χ0) is 17.0. The summed E-state index contributed by atoms with van der Waals surface area (Å²) in [6.45, 7) is 5.24. The maximum atomic E-state index is 12.0. The van der Waals surface area contributed by atoms with E-state index in [9.17, 15) is 9.59 Å². The van der Waals surface area contributed by atoms with E-state index in [-0.39, 0.29) is 6.42 Å². The van der Waals surface area contributed by atoms with Crippen LogP contribution in [-0.2, 0) is 9.53 Å². The number of amides is 1. The molecule has 0 saturated carbocycles. The number of aromatic nitrogens is 1. The molecule has 122 valence electrons. The van der Waals surface area contributed by atoms with Gasteiger partial charge in [-0.2, -0.15) is 0 Å². The molecule has 1 amide bonds. The second-order valence-corrected chi connectivity index (χ2v) is 6.25. The first-order chi connectivity index (χ1) is 10.8. The summed E-state index contributed by atoms with van der Waals surface area (Å²) in [4.78, 5) is 27.3. The van der Waals surface area contributed by atoms with E-state index in [1.165, 1.54) is 0 Å². The molecule has 0 saturated heterocycles. The van der Waals surface area contributed by atoms with Crippen LogP contribution in [0.25, 0.3) is 10.8 Å². The minimum atomic E-state index is -1.01. The first kappa shape index (κ1) is 16.7. The topological polar surface area (TPSA) is 88.5 Å². The number of alkyl carbamates (subject to hydrolysis) is 1. The van der Waals surface area contributed by atoms with E-state index in [1.807, 2.05) is 24.3 Å². The molecular weight excluding hydrogens is 296 g/mol. The van der Waals surface area contributed by atoms with Gasteiger partial charge < -0.3 is 15.2 Å². The molecule has 6 heteroatoms. The van der Waals surface area contributed by atoms with Crippen molar-refractivity contribution < 1.29 is 19.4 Å². The van der Waals surface area contributed by atoms with Crippen LogP contribution < -0.4 is 5.32 Å². The lowest BCUT2D eigenvalue weighted by Crippen LogP contribution is -2.36. The van der Waals surface area contributed by atoms with Gasteiger partial charge in [-0.3, -0.25) is 9.78 Å². The molecular formula is C17H20N2O4. The molecule has 2 N–H and O–H groups in total. The Kier molecular flexibility index (Phi) is 4.83. The Morgan fingerprint density at radius 3 is 2.61 bits per heavy atom. The Balaban J connectivity index is 2.34. The lowest BCUT2D eigenvalue weighted by molar-refractivity contribution is -0.137. The van der Waals surface area contributed by atoms with Gasteiger partial charge in [0.2, 0.25) is 0 Å². The lowest BCUT2D eigenvalue weighted by Gasteiger charge is -2.23. The summed E-state index contributed by atoms with van der Waals surface area (Å²) in [6.07, 6.45) is 2.36. The van der Waals surface area contributed by atoms with Gasteiger partial charge in [-0.1, -0.05) is 24.3 Å². The van der Waals surface area contributed by atoms with Gasteiger partial charge in [0, 0.05) is 23.3 Å². The van der Waals surface area contributed by atoms with Gasteiger partial charge in [-0.05, 0) is 26.2 Å². The van der Waals surface area contributed by atoms with Crippen LogP contribution in [0.2, 0.25) is 0 Å². The highest BCUT2D eigenvalue weighted by Crippen LogP contribution is 2.25. The normalized spacial score (nSPS) is 12.7. The monoisotopic (exact) mass is 316 g/mol. The van der Waals surface area contributed by atoms with E-state index < -0.39 is 23.7 Å². The first-order valence-electron chi connectivity index (χ1n) is 7.30. The highest BCUT2D eigenvalue weighted by atomic mass is 16.6. The number of rotatable bonds is 4. The van der Waals surface area contributed by atoms with Gasteiger partial charge in [-0.15, -0.1) is 0 Å². The van der Waals surface area contributed by atoms with E-state index in [0.717, 1.165) is 10.8 Å². The van der Waals surface area contributed by atoms with Crippen molar-refractivity contribution in [1.29, 1.82) is 0 Å². The van der Waals surface area contributed by atoms with Gasteiger partial charge in [0.15, 0.2) is 0 Å². The van der Waals surface area contributed by atoms with E-state index in [2.05, 4.69) is 10.3 Å². The maximum Gasteiger partial charge on any atom is 0.408 e. The van der Waals surface area contributed by atoms with Crippen molar-refractivity contribution in [3.63, 3.8) is 0 Å².